The van der Waals surface area contributed by atoms with Crippen LogP contribution in [0.5, 0.6) is 0 Å². The van der Waals surface area contributed by atoms with E-state index in [0.29, 0.717) is 11.3 Å². The lowest BCUT2D eigenvalue weighted by Gasteiger charge is -2.00. The predicted molar refractivity (Wildman–Crippen MR) is 60.7 cm³/mol. The van der Waals surface area contributed by atoms with Gasteiger partial charge in [-0.25, -0.2) is 0 Å². The minimum atomic E-state index is -0.470. The van der Waals surface area contributed by atoms with E-state index in [9.17, 15) is 4.79 Å². The van der Waals surface area contributed by atoms with Gasteiger partial charge in [-0.05, 0) is 24.3 Å². The van der Waals surface area contributed by atoms with Crippen molar-refractivity contribution < 1.29 is 4.79 Å². The molecule has 2 aromatic rings. The summed E-state index contributed by atoms with van der Waals surface area (Å²) in [4.78, 5) is 10.9. The number of nitriles is 1. The number of carbonyl (C=O) groups is 1. The number of primary amides is 1. The van der Waals surface area contributed by atoms with Crippen LogP contribution < -0.4 is 5.73 Å². The Balaban J connectivity index is 2.33. The Hall–Kier alpha value is -2.74. The Labute approximate surface area is 97.5 Å². The first-order valence-corrected chi connectivity index (χ1v) is 4.85. The summed E-state index contributed by atoms with van der Waals surface area (Å²) in [6, 6.07) is 11.9. The first-order chi connectivity index (χ1) is 8.20. The van der Waals surface area contributed by atoms with E-state index in [-0.39, 0.29) is 5.69 Å². The smallest absolute Gasteiger partial charge is 0.248 e. The van der Waals surface area contributed by atoms with E-state index in [1.54, 1.807) is 36.4 Å². The third-order valence-electron chi connectivity index (χ3n) is 2.24. The third kappa shape index (κ3) is 2.26. The summed E-state index contributed by atoms with van der Waals surface area (Å²) in [5, 5.41) is 16.2. The third-order valence-corrected chi connectivity index (χ3v) is 2.24. The fourth-order valence-electron chi connectivity index (χ4n) is 1.35. The van der Waals surface area contributed by atoms with Gasteiger partial charge in [0.05, 0.1) is 5.69 Å². The van der Waals surface area contributed by atoms with Gasteiger partial charge in [0, 0.05) is 11.1 Å². The van der Waals surface area contributed by atoms with Gasteiger partial charge >= 0.3 is 0 Å². The highest BCUT2D eigenvalue weighted by Gasteiger charge is 2.03. The summed E-state index contributed by atoms with van der Waals surface area (Å²) in [6.45, 7) is 0. The zero-order valence-corrected chi connectivity index (χ0v) is 8.79. The largest absolute Gasteiger partial charge is 0.366 e. The van der Waals surface area contributed by atoms with Crippen molar-refractivity contribution >= 4 is 5.91 Å². The summed E-state index contributed by atoms with van der Waals surface area (Å²) in [5.74, 6) is -0.470. The van der Waals surface area contributed by atoms with Crippen molar-refractivity contribution in [3.8, 4) is 17.3 Å². The number of aromatic nitrogens is 2. The second-order valence-electron chi connectivity index (χ2n) is 3.36. The van der Waals surface area contributed by atoms with Gasteiger partial charge in [-0.3, -0.25) is 4.79 Å². The Morgan fingerprint density at radius 3 is 2.29 bits per heavy atom. The molecule has 0 saturated carbocycles. The van der Waals surface area contributed by atoms with E-state index < -0.39 is 5.91 Å². The lowest BCUT2D eigenvalue weighted by atomic mass is 10.1. The van der Waals surface area contributed by atoms with Crippen LogP contribution >= 0.6 is 0 Å². The zero-order valence-electron chi connectivity index (χ0n) is 8.79. The SMILES string of the molecule is N#Cc1ccc(-c2ccc(C(N)=O)cc2)nn1. The van der Waals surface area contributed by atoms with E-state index in [1.165, 1.54) is 0 Å². The fraction of sp³-hybridized carbons (Fsp3) is 0. The molecule has 5 nitrogen and oxygen atoms in total. The molecule has 5 heteroatoms. The van der Waals surface area contributed by atoms with Crippen LogP contribution in [-0.2, 0) is 0 Å². The van der Waals surface area contributed by atoms with Gasteiger partial charge in [-0.2, -0.15) is 5.26 Å². The molecular weight excluding hydrogens is 216 g/mol. The molecule has 0 unspecified atom stereocenters. The van der Waals surface area contributed by atoms with Crippen LogP contribution in [0.15, 0.2) is 36.4 Å². The van der Waals surface area contributed by atoms with Crippen LogP contribution in [0.4, 0.5) is 0 Å². The molecule has 2 rings (SSSR count). The van der Waals surface area contributed by atoms with Crippen LogP contribution in [0.1, 0.15) is 16.1 Å². The highest BCUT2D eigenvalue weighted by molar-refractivity contribution is 5.93. The number of amides is 1. The first kappa shape index (κ1) is 10.8. The normalized spacial score (nSPS) is 9.59. The van der Waals surface area contributed by atoms with Gasteiger partial charge in [0.15, 0.2) is 5.69 Å². The van der Waals surface area contributed by atoms with Crippen molar-refractivity contribution in [3.05, 3.63) is 47.7 Å². The minimum Gasteiger partial charge on any atom is -0.366 e. The summed E-state index contributed by atoms with van der Waals surface area (Å²) in [7, 11) is 0. The quantitative estimate of drug-likeness (QED) is 0.826. The molecule has 82 valence electrons. The maximum atomic E-state index is 10.9. The molecule has 1 aromatic carbocycles. The molecule has 0 atom stereocenters. The van der Waals surface area contributed by atoms with Gasteiger partial charge in [0.2, 0.25) is 5.91 Å². The average molecular weight is 224 g/mol. The standard InChI is InChI=1S/C12H8N4O/c13-7-10-5-6-11(16-15-10)8-1-3-9(4-2-8)12(14)17/h1-6H,(H2,14,17). The first-order valence-electron chi connectivity index (χ1n) is 4.85. The summed E-state index contributed by atoms with van der Waals surface area (Å²) >= 11 is 0. The molecule has 0 bridgehead atoms. The Morgan fingerprint density at radius 1 is 1.12 bits per heavy atom. The topological polar surface area (TPSA) is 92.7 Å². The highest BCUT2D eigenvalue weighted by atomic mass is 16.1. The van der Waals surface area contributed by atoms with E-state index >= 15 is 0 Å². The Bertz CT molecular complexity index is 581. The van der Waals surface area contributed by atoms with Crippen LogP contribution in [-0.4, -0.2) is 16.1 Å². The predicted octanol–water partition coefficient (Wildman–Crippen LogP) is 1.11. The van der Waals surface area contributed by atoms with Crippen molar-refractivity contribution in [2.75, 3.05) is 0 Å². The van der Waals surface area contributed by atoms with Gasteiger partial charge in [-0.1, -0.05) is 12.1 Å². The number of nitrogens with two attached hydrogens (primary N) is 1. The van der Waals surface area contributed by atoms with Crippen molar-refractivity contribution in [3.63, 3.8) is 0 Å². The Kier molecular flexibility index (Phi) is 2.79. The molecule has 0 aliphatic rings. The van der Waals surface area contributed by atoms with Gasteiger partial charge in [0.1, 0.15) is 6.07 Å². The second-order valence-corrected chi connectivity index (χ2v) is 3.36. The Morgan fingerprint density at radius 2 is 1.82 bits per heavy atom. The number of hydrogen-bond acceptors (Lipinski definition) is 4. The van der Waals surface area contributed by atoms with E-state index in [4.69, 9.17) is 11.0 Å². The molecule has 17 heavy (non-hydrogen) atoms. The summed E-state index contributed by atoms with van der Waals surface area (Å²) < 4.78 is 0. The van der Waals surface area contributed by atoms with Crippen molar-refractivity contribution in [2.45, 2.75) is 0 Å². The monoisotopic (exact) mass is 224 g/mol. The number of rotatable bonds is 2. The average Bonchev–Trinajstić information content (AvgIpc) is 2.39. The van der Waals surface area contributed by atoms with Crippen molar-refractivity contribution in [1.29, 1.82) is 5.26 Å². The van der Waals surface area contributed by atoms with Crippen molar-refractivity contribution in [2.24, 2.45) is 5.73 Å². The molecule has 1 heterocycles. The van der Waals surface area contributed by atoms with Crippen LogP contribution in [0.3, 0.4) is 0 Å². The number of hydrogen-bond donors (Lipinski definition) is 1. The van der Waals surface area contributed by atoms with Gasteiger partial charge < -0.3 is 5.73 Å². The second kappa shape index (κ2) is 4.41. The molecular formula is C12H8N4O. The molecule has 0 radical (unpaired) electrons. The maximum absolute atomic E-state index is 10.9. The minimum absolute atomic E-state index is 0.266. The molecule has 1 amide bonds. The number of carbonyl (C=O) groups excluding carboxylic acids is 1. The zero-order chi connectivity index (χ0) is 12.3. The van der Waals surface area contributed by atoms with E-state index in [1.807, 2.05) is 6.07 Å². The summed E-state index contributed by atoms with van der Waals surface area (Å²) in [5.41, 5.74) is 7.29. The fourth-order valence-corrected chi connectivity index (χ4v) is 1.35. The number of benzene rings is 1. The van der Waals surface area contributed by atoms with Crippen LogP contribution in [0, 0.1) is 11.3 Å². The highest BCUT2D eigenvalue weighted by Crippen LogP contribution is 2.16. The van der Waals surface area contributed by atoms with E-state index in [2.05, 4.69) is 10.2 Å². The van der Waals surface area contributed by atoms with E-state index in [0.717, 1.165) is 5.56 Å². The molecule has 0 fully saturated rings. The maximum Gasteiger partial charge on any atom is 0.248 e. The lowest BCUT2D eigenvalue weighted by molar-refractivity contribution is 0.100. The number of nitrogens with zero attached hydrogens (tertiary/aromatic N) is 3. The molecule has 0 aliphatic carbocycles. The molecule has 2 N–H and O–H groups in total. The molecule has 0 saturated heterocycles. The lowest BCUT2D eigenvalue weighted by Crippen LogP contribution is -2.10. The van der Waals surface area contributed by atoms with Gasteiger partial charge in [-0.15, -0.1) is 10.2 Å². The summed E-state index contributed by atoms with van der Waals surface area (Å²) in [6.07, 6.45) is 0. The molecule has 0 spiro atoms. The molecule has 0 aliphatic heterocycles. The molecule has 1 aromatic heterocycles. The van der Waals surface area contributed by atoms with Crippen LogP contribution in [0.25, 0.3) is 11.3 Å². The van der Waals surface area contributed by atoms with Crippen LogP contribution in [0.2, 0.25) is 0 Å². The van der Waals surface area contributed by atoms with Gasteiger partial charge in [0.25, 0.3) is 0 Å². The van der Waals surface area contributed by atoms with Crippen molar-refractivity contribution in [1.82, 2.24) is 10.2 Å².